The summed E-state index contributed by atoms with van der Waals surface area (Å²) in [6, 6.07) is 0. The Kier molecular flexibility index (Phi) is 9.80. The Balaban J connectivity index is 3.26. The van der Waals surface area contributed by atoms with Gasteiger partial charge in [0.1, 0.15) is 0 Å². The van der Waals surface area contributed by atoms with Gasteiger partial charge in [-0.15, -0.1) is 0 Å². The number of carbonyl (C=O) groups is 2. The van der Waals surface area contributed by atoms with Crippen LogP contribution >= 0.6 is 0 Å². The summed E-state index contributed by atoms with van der Waals surface area (Å²) in [6.07, 6.45) is 1.38. The normalized spacial score (nSPS) is 25.0. The standard InChI is InChI=1S/C24H48O6Si2/c1-17(25)27-14-13-19-20(16-28-18(2)26)22(30-32(11,12)24(6,7)8)15-21(19)29-31(9,10)23(3,4)5/h19-22H,13-16H2,1-12H3/t19-,20+,21-,22+/m1/s1. The van der Waals surface area contributed by atoms with Crippen molar-refractivity contribution in [1.29, 1.82) is 0 Å². The number of hydrogen-bond donors (Lipinski definition) is 0. The highest BCUT2D eigenvalue weighted by Crippen LogP contribution is 2.47. The summed E-state index contributed by atoms with van der Waals surface area (Å²) in [5.41, 5.74) is 0. The Labute approximate surface area is 198 Å². The maximum atomic E-state index is 11.7. The largest absolute Gasteiger partial charge is 0.466 e. The van der Waals surface area contributed by atoms with E-state index in [2.05, 4.69) is 67.7 Å². The molecule has 0 unspecified atom stereocenters. The van der Waals surface area contributed by atoms with Gasteiger partial charge in [-0.2, -0.15) is 0 Å². The van der Waals surface area contributed by atoms with E-state index in [1.165, 1.54) is 13.8 Å². The Morgan fingerprint density at radius 2 is 1.16 bits per heavy atom. The molecule has 0 aromatic rings. The van der Waals surface area contributed by atoms with E-state index in [1.807, 2.05) is 0 Å². The summed E-state index contributed by atoms with van der Waals surface area (Å²) < 4.78 is 24.6. The van der Waals surface area contributed by atoms with E-state index in [-0.39, 0.29) is 46.1 Å². The summed E-state index contributed by atoms with van der Waals surface area (Å²) >= 11 is 0. The van der Waals surface area contributed by atoms with Crippen molar-refractivity contribution in [3.63, 3.8) is 0 Å². The zero-order valence-electron chi connectivity index (χ0n) is 22.6. The summed E-state index contributed by atoms with van der Waals surface area (Å²) in [6.45, 7) is 26.0. The summed E-state index contributed by atoms with van der Waals surface area (Å²) in [4.78, 5) is 23.0. The number of hydrogen-bond acceptors (Lipinski definition) is 6. The molecule has 1 aliphatic carbocycles. The first-order valence-electron chi connectivity index (χ1n) is 11.9. The van der Waals surface area contributed by atoms with Gasteiger partial charge in [0.25, 0.3) is 0 Å². The van der Waals surface area contributed by atoms with Crippen molar-refractivity contribution in [3.05, 3.63) is 0 Å². The SMILES string of the molecule is CC(=O)OCC[C@@H]1[C@H](COC(C)=O)[C@@H](O[Si](C)(C)C(C)(C)C)C[C@H]1O[Si](C)(C)C(C)(C)C. The zero-order valence-corrected chi connectivity index (χ0v) is 24.6. The summed E-state index contributed by atoms with van der Waals surface area (Å²) in [5, 5.41) is 0.155. The molecule has 8 heteroatoms. The van der Waals surface area contributed by atoms with E-state index in [4.69, 9.17) is 18.3 Å². The lowest BCUT2D eigenvalue weighted by molar-refractivity contribution is -0.144. The average molecular weight is 489 g/mol. The van der Waals surface area contributed by atoms with Crippen molar-refractivity contribution in [1.82, 2.24) is 0 Å². The average Bonchev–Trinajstić information content (AvgIpc) is 2.85. The van der Waals surface area contributed by atoms with Gasteiger partial charge in [-0.3, -0.25) is 9.59 Å². The molecule has 0 N–H and O–H groups in total. The van der Waals surface area contributed by atoms with Crippen LogP contribution in [0.4, 0.5) is 0 Å². The van der Waals surface area contributed by atoms with E-state index >= 15 is 0 Å². The molecule has 32 heavy (non-hydrogen) atoms. The van der Waals surface area contributed by atoms with Crippen LogP contribution in [0.25, 0.3) is 0 Å². The van der Waals surface area contributed by atoms with Crippen molar-refractivity contribution in [3.8, 4) is 0 Å². The topological polar surface area (TPSA) is 71.1 Å². The number of carbonyl (C=O) groups excluding carboxylic acids is 2. The molecular formula is C24H48O6Si2. The minimum atomic E-state index is -2.04. The van der Waals surface area contributed by atoms with Gasteiger partial charge in [0, 0.05) is 19.8 Å². The highest BCUT2D eigenvalue weighted by molar-refractivity contribution is 6.74. The molecular weight excluding hydrogens is 440 g/mol. The molecule has 0 radical (unpaired) electrons. The molecule has 4 atom stereocenters. The number of ether oxygens (including phenoxy) is 2. The van der Waals surface area contributed by atoms with Crippen LogP contribution in [-0.2, 0) is 27.9 Å². The van der Waals surface area contributed by atoms with Crippen LogP contribution in [0, 0.1) is 11.8 Å². The van der Waals surface area contributed by atoms with Gasteiger partial charge in [-0.05, 0) is 55.0 Å². The van der Waals surface area contributed by atoms with Crippen LogP contribution in [-0.4, -0.2) is 54.0 Å². The van der Waals surface area contributed by atoms with Crippen molar-refractivity contribution in [2.24, 2.45) is 11.8 Å². The summed E-state index contributed by atoms with van der Waals surface area (Å²) in [7, 11) is -4.07. The second kappa shape index (κ2) is 10.7. The second-order valence-corrected chi connectivity index (χ2v) is 21.8. The van der Waals surface area contributed by atoms with Crippen LogP contribution in [0.3, 0.4) is 0 Å². The third-order valence-corrected chi connectivity index (χ3v) is 16.7. The van der Waals surface area contributed by atoms with Gasteiger partial charge in [0.05, 0.1) is 25.4 Å². The number of esters is 2. The van der Waals surface area contributed by atoms with E-state index in [0.29, 0.717) is 19.6 Å². The molecule has 1 aliphatic rings. The molecule has 0 amide bonds. The third-order valence-electron chi connectivity index (χ3n) is 7.71. The molecule has 0 bridgehead atoms. The van der Waals surface area contributed by atoms with Gasteiger partial charge in [0.15, 0.2) is 16.6 Å². The predicted molar refractivity (Wildman–Crippen MR) is 134 cm³/mol. The van der Waals surface area contributed by atoms with Gasteiger partial charge in [-0.25, -0.2) is 0 Å². The fraction of sp³-hybridized carbons (Fsp3) is 0.917. The molecule has 0 heterocycles. The Hall–Kier alpha value is -0.706. The van der Waals surface area contributed by atoms with Crippen molar-refractivity contribution >= 4 is 28.6 Å². The Bertz CT molecular complexity index is 648. The van der Waals surface area contributed by atoms with E-state index < -0.39 is 16.6 Å². The molecule has 1 rings (SSSR count). The Morgan fingerprint density at radius 3 is 1.53 bits per heavy atom. The van der Waals surface area contributed by atoms with E-state index in [0.717, 1.165) is 6.42 Å². The molecule has 0 spiro atoms. The smallest absolute Gasteiger partial charge is 0.302 e. The maximum absolute atomic E-state index is 11.7. The fourth-order valence-electron chi connectivity index (χ4n) is 3.69. The van der Waals surface area contributed by atoms with Crippen molar-refractivity contribution < 1.29 is 27.9 Å². The van der Waals surface area contributed by atoms with Gasteiger partial charge < -0.3 is 18.3 Å². The van der Waals surface area contributed by atoms with Gasteiger partial charge in [0.2, 0.25) is 0 Å². The highest BCUT2D eigenvalue weighted by atomic mass is 28.4. The van der Waals surface area contributed by atoms with Crippen LogP contribution in [0.2, 0.25) is 36.3 Å². The lowest BCUT2D eigenvalue weighted by Crippen LogP contribution is -2.45. The molecule has 0 aromatic heterocycles. The van der Waals surface area contributed by atoms with Crippen molar-refractivity contribution in [2.75, 3.05) is 13.2 Å². The van der Waals surface area contributed by atoms with E-state index in [1.54, 1.807) is 0 Å². The monoisotopic (exact) mass is 488 g/mol. The second-order valence-electron chi connectivity index (χ2n) is 12.3. The first-order valence-corrected chi connectivity index (χ1v) is 17.7. The quantitative estimate of drug-likeness (QED) is 0.296. The molecule has 0 aromatic carbocycles. The first-order chi connectivity index (χ1) is 14.3. The third kappa shape index (κ3) is 7.96. The van der Waals surface area contributed by atoms with Crippen LogP contribution in [0.15, 0.2) is 0 Å². The molecule has 1 saturated carbocycles. The molecule has 1 fully saturated rings. The van der Waals surface area contributed by atoms with Gasteiger partial charge in [-0.1, -0.05) is 41.5 Å². The summed E-state index contributed by atoms with van der Waals surface area (Å²) in [5.74, 6) is -0.463. The highest BCUT2D eigenvalue weighted by Gasteiger charge is 2.51. The lowest BCUT2D eigenvalue weighted by Gasteiger charge is -2.40. The van der Waals surface area contributed by atoms with E-state index in [9.17, 15) is 9.59 Å². The predicted octanol–water partition coefficient (Wildman–Crippen LogP) is 5.92. The number of rotatable bonds is 9. The van der Waals surface area contributed by atoms with Gasteiger partial charge >= 0.3 is 11.9 Å². The lowest BCUT2D eigenvalue weighted by atomic mass is 9.91. The molecule has 188 valence electrons. The first kappa shape index (κ1) is 29.3. The zero-order chi connectivity index (χ0) is 25.1. The maximum Gasteiger partial charge on any atom is 0.302 e. The van der Waals surface area contributed by atoms with Crippen LogP contribution in [0.1, 0.15) is 68.2 Å². The minimum absolute atomic E-state index is 0.0122. The van der Waals surface area contributed by atoms with Crippen LogP contribution in [0.5, 0.6) is 0 Å². The van der Waals surface area contributed by atoms with Crippen LogP contribution < -0.4 is 0 Å². The molecule has 0 saturated heterocycles. The minimum Gasteiger partial charge on any atom is -0.466 e. The fourth-order valence-corrected chi connectivity index (χ4v) is 6.46. The Morgan fingerprint density at radius 1 is 0.750 bits per heavy atom. The molecule has 0 aliphatic heterocycles. The molecule has 6 nitrogen and oxygen atoms in total. The van der Waals surface area contributed by atoms with Crippen molar-refractivity contribution in [2.45, 2.75) is 117 Å².